The molecule has 0 aromatic carbocycles. The topological polar surface area (TPSA) is 35.5 Å². The number of nitrogens with one attached hydrogen (secondary N) is 1. The summed E-state index contributed by atoms with van der Waals surface area (Å²) in [6.45, 7) is 6.45. The Kier molecular flexibility index (Phi) is 3.75. The van der Waals surface area contributed by atoms with Crippen LogP contribution >= 0.6 is 11.3 Å². The molecular weight excluding hydrogens is 208 g/mol. The van der Waals surface area contributed by atoms with Crippen LogP contribution in [0.2, 0.25) is 0 Å². The van der Waals surface area contributed by atoms with E-state index in [1.54, 1.807) is 11.3 Å². The van der Waals surface area contributed by atoms with Crippen LogP contribution in [0.15, 0.2) is 12.1 Å². The van der Waals surface area contributed by atoms with Crippen molar-refractivity contribution >= 4 is 11.3 Å². The first-order valence-electron chi connectivity index (χ1n) is 5.43. The van der Waals surface area contributed by atoms with Crippen molar-refractivity contribution in [1.82, 2.24) is 10.2 Å². The Hall–Kier alpha value is -0.420. The van der Waals surface area contributed by atoms with Gasteiger partial charge in [0, 0.05) is 35.9 Å². The van der Waals surface area contributed by atoms with Gasteiger partial charge in [-0.3, -0.25) is 4.90 Å². The molecule has 0 radical (unpaired) electrons. The van der Waals surface area contributed by atoms with Gasteiger partial charge < -0.3 is 10.4 Å². The van der Waals surface area contributed by atoms with Crippen molar-refractivity contribution in [3.05, 3.63) is 21.9 Å². The highest BCUT2D eigenvalue weighted by Gasteiger charge is 2.22. The molecule has 1 saturated heterocycles. The Bertz CT molecular complexity index is 307. The molecule has 2 rings (SSSR count). The van der Waals surface area contributed by atoms with E-state index in [2.05, 4.69) is 29.3 Å². The highest BCUT2D eigenvalue weighted by Crippen LogP contribution is 2.27. The maximum Gasteiger partial charge on any atom is 0.0675 e. The second kappa shape index (κ2) is 5.07. The van der Waals surface area contributed by atoms with E-state index in [1.807, 2.05) is 0 Å². The second-order valence-electron chi connectivity index (χ2n) is 3.93. The Balaban J connectivity index is 2.08. The molecule has 1 unspecified atom stereocenters. The third-order valence-corrected chi connectivity index (χ3v) is 3.96. The number of hydrogen-bond acceptors (Lipinski definition) is 4. The minimum atomic E-state index is 0.200. The average molecular weight is 226 g/mol. The molecule has 4 heteroatoms. The molecule has 2 heterocycles. The van der Waals surface area contributed by atoms with Crippen molar-refractivity contribution in [2.24, 2.45) is 0 Å². The number of aryl methyl sites for hydroxylation is 1. The summed E-state index contributed by atoms with van der Waals surface area (Å²) < 4.78 is 0. The lowest BCUT2D eigenvalue weighted by Gasteiger charge is -2.33. The van der Waals surface area contributed by atoms with Crippen LogP contribution in [0.25, 0.3) is 0 Å². The smallest absolute Gasteiger partial charge is 0.0675 e. The van der Waals surface area contributed by atoms with Crippen LogP contribution in [0, 0.1) is 6.92 Å². The molecule has 0 amide bonds. The molecule has 1 atom stereocenters. The van der Waals surface area contributed by atoms with Gasteiger partial charge in [0.05, 0.1) is 12.6 Å². The quantitative estimate of drug-likeness (QED) is 0.807. The van der Waals surface area contributed by atoms with Crippen LogP contribution in [0.1, 0.15) is 15.8 Å². The standard InChI is InChI=1S/C11H18N2OS/c1-9-2-3-11(15-9)10(8-14)13-6-4-12-5-7-13/h2-3,10,12,14H,4-8H2,1H3. The third kappa shape index (κ3) is 2.58. The minimum absolute atomic E-state index is 0.200. The molecule has 0 aliphatic carbocycles. The van der Waals surface area contributed by atoms with Gasteiger partial charge in [0.1, 0.15) is 0 Å². The Morgan fingerprint density at radius 3 is 2.73 bits per heavy atom. The lowest BCUT2D eigenvalue weighted by molar-refractivity contribution is 0.113. The van der Waals surface area contributed by atoms with Gasteiger partial charge in [-0.25, -0.2) is 0 Å². The summed E-state index contributed by atoms with van der Waals surface area (Å²) in [5.41, 5.74) is 0. The fraction of sp³-hybridized carbons (Fsp3) is 0.636. The number of hydrogen-bond donors (Lipinski definition) is 2. The third-order valence-electron chi connectivity index (χ3n) is 2.85. The number of piperazine rings is 1. The second-order valence-corrected chi connectivity index (χ2v) is 5.25. The van der Waals surface area contributed by atoms with Gasteiger partial charge in [-0.15, -0.1) is 11.3 Å². The maximum atomic E-state index is 9.49. The first-order chi connectivity index (χ1) is 7.31. The fourth-order valence-electron chi connectivity index (χ4n) is 2.01. The zero-order valence-electron chi connectivity index (χ0n) is 9.07. The summed E-state index contributed by atoms with van der Waals surface area (Å²) in [6, 6.07) is 4.47. The molecule has 1 aliphatic heterocycles. The van der Waals surface area contributed by atoms with Crippen molar-refractivity contribution < 1.29 is 5.11 Å². The number of aliphatic hydroxyl groups excluding tert-OH is 1. The molecule has 84 valence electrons. The molecule has 1 aromatic rings. The zero-order valence-corrected chi connectivity index (χ0v) is 9.89. The van der Waals surface area contributed by atoms with Crippen molar-refractivity contribution in [3.8, 4) is 0 Å². The summed E-state index contributed by atoms with van der Waals surface area (Å²) in [5, 5.41) is 12.8. The van der Waals surface area contributed by atoms with Crippen LogP contribution in [-0.2, 0) is 0 Å². The van der Waals surface area contributed by atoms with E-state index in [0.29, 0.717) is 0 Å². The summed E-state index contributed by atoms with van der Waals surface area (Å²) in [6.07, 6.45) is 0. The number of rotatable bonds is 3. The predicted molar refractivity (Wildman–Crippen MR) is 63.3 cm³/mol. The molecule has 0 bridgehead atoms. The van der Waals surface area contributed by atoms with E-state index in [-0.39, 0.29) is 12.6 Å². The minimum Gasteiger partial charge on any atom is -0.394 e. The Morgan fingerprint density at radius 2 is 2.20 bits per heavy atom. The van der Waals surface area contributed by atoms with E-state index in [0.717, 1.165) is 26.2 Å². The van der Waals surface area contributed by atoms with Crippen LogP contribution in [-0.4, -0.2) is 42.8 Å². The lowest BCUT2D eigenvalue weighted by atomic mass is 10.2. The summed E-state index contributed by atoms with van der Waals surface area (Å²) >= 11 is 1.79. The van der Waals surface area contributed by atoms with E-state index in [1.165, 1.54) is 9.75 Å². The van der Waals surface area contributed by atoms with Gasteiger partial charge in [-0.1, -0.05) is 0 Å². The van der Waals surface area contributed by atoms with Crippen LogP contribution in [0.4, 0.5) is 0 Å². The highest BCUT2D eigenvalue weighted by molar-refractivity contribution is 7.12. The average Bonchev–Trinajstić information content (AvgIpc) is 2.68. The van der Waals surface area contributed by atoms with Crippen LogP contribution in [0.3, 0.4) is 0 Å². The zero-order chi connectivity index (χ0) is 10.7. The van der Waals surface area contributed by atoms with Gasteiger partial charge in [0.2, 0.25) is 0 Å². The van der Waals surface area contributed by atoms with Gasteiger partial charge >= 0.3 is 0 Å². The largest absolute Gasteiger partial charge is 0.394 e. The molecule has 1 aromatic heterocycles. The molecule has 0 saturated carbocycles. The molecule has 0 spiro atoms. The molecule has 1 fully saturated rings. The molecule has 15 heavy (non-hydrogen) atoms. The van der Waals surface area contributed by atoms with Gasteiger partial charge in [0.15, 0.2) is 0 Å². The molecule has 2 N–H and O–H groups in total. The van der Waals surface area contributed by atoms with E-state index < -0.39 is 0 Å². The normalized spacial score (nSPS) is 20.4. The monoisotopic (exact) mass is 226 g/mol. The van der Waals surface area contributed by atoms with Crippen molar-refractivity contribution in [3.63, 3.8) is 0 Å². The van der Waals surface area contributed by atoms with Gasteiger partial charge in [0.25, 0.3) is 0 Å². The molecule has 1 aliphatic rings. The van der Waals surface area contributed by atoms with Crippen LogP contribution < -0.4 is 5.32 Å². The number of nitrogens with zero attached hydrogens (tertiary/aromatic N) is 1. The maximum absolute atomic E-state index is 9.49. The fourth-order valence-corrected chi connectivity index (χ4v) is 3.02. The first kappa shape index (κ1) is 11.1. The van der Waals surface area contributed by atoms with Crippen LogP contribution in [0.5, 0.6) is 0 Å². The van der Waals surface area contributed by atoms with E-state index >= 15 is 0 Å². The molecular formula is C11H18N2OS. The number of aliphatic hydroxyl groups is 1. The van der Waals surface area contributed by atoms with Crippen molar-refractivity contribution in [2.45, 2.75) is 13.0 Å². The first-order valence-corrected chi connectivity index (χ1v) is 6.25. The Labute approximate surface area is 94.7 Å². The van der Waals surface area contributed by atoms with Gasteiger partial charge in [-0.05, 0) is 19.1 Å². The van der Waals surface area contributed by atoms with Crippen molar-refractivity contribution in [1.29, 1.82) is 0 Å². The Morgan fingerprint density at radius 1 is 1.47 bits per heavy atom. The van der Waals surface area contributed by atoms with E-state index in [9.17, 15) is 5.11 Å². The highest BCUT2D eigenvalue weighted by atomic mass is 32.1. The summed E-state index contributed by atoms with van der Waals surface area (Å²) in [5.74, 6) is 0. The van der Waals surface area contributed by atoms with Gasteiger partial charge in [-0.2, -0.15) is 0 Å². The molecule has 3 nitrogen and oxygen atoms in total. The number of thiophene rings is 1. The lowest BCUT2D eigenvalue weighted by Crippen LogP contribution is -2.45. The summed E-state index contributed by atoms with van der Waals surface area (Å²) in [4.78, 5) is 4.97. The van der Waals surface area contributed by atoms with E-state index in [4.69, 9.17) is 0 Å². The SMILES string of the molecule is Cc1ccc(C(CO)N2CCNCC2)s1. The predicted octanol–water partition coefficient (Wildman–Crippen LogP) is 0.995. The van der Waals surface area contributed by atoms with Crippen molar-refractivity contribution in [2.75, 3.05) is 32.8 Å². The summed E-state index contributed by atoms with van der Waals surface area (Å²) in [7, 11) is 0.